The number of rotatable bonds is 3. The standard InChI is InChI=1S/C9H13FN2O/c1-7(13)8-4-11-6-12(8)5-9(2,3)10/h4,6H,5H2,1-3H3. The Kier molecular flexibility index (Phi) is 2.50. The number of ketones is 1. The molecule has 1 aromatic heterocycles. The molecule has 13 heavy (non-hydrogen) atoms. The molecule has 1 aromatic rings. The number of Topliss-reactive ketones (excluding diaryl/α,β-unsaturated/α-hetero) is 1. The lowest BCUT2D eigenvalue weighted by atomic mass is 10.1. The van der Waals surface area contributed by atoms with Crippen molar-refractivity contribution >= 4 is 5.78 Å². The second kappa shape index (κ2) is 3.28. The van der Waals surface area contributed by atoms with Crippen LogP contribution in [0.1, 0.15) is 31.3 Å². The molecule has 0 atom stereocenters. The molecule has 0 aromatic carbocycles. The summed E-state index contributed by atoms with van der Waals surface area (Å²) in [6, 6.07) is 0. The normalized spacial score (nSPS) is 11.7. The summed E-state index contributed by atoms with van der Waals surface area (Å²) in [4.78, 5) is 14.8. The predicted octanol–water partition coefficient (Wildman–Crippen LogP) is 1.83. The first-order valence-corrected chi connectivity index (χ1v) is 4.10. The van der Waals surface area contributed by atoms with E-state index in [1.54, 1.807) is 0 Å². The fraction of sp³-hybridized carbons (Fsp3) is 0.556. The molecule has 0 saturated heterocycles. The van der Waals surface area contributed by atoms with Gasteiger partial charge in [0.2, 0.25) is 0 Å². The Morgan fingerprint density at radius 3 is 2.77 bits per heavy atom. The minimum absolute atomic E-state index is 0.0956. The summed E-state index contributed by atoms with van der Waals surface area (Å²) < 4.78 is 14.8. The molecule has 0 aliphatic carbocycles. The second-order valence-electron chi connectivity index (χ2n) is 3.68. The van der Waals surface area contributed by atoms with Crippen LogP contribution >= 0.6 is 0 Å². The Balaban J connectivity index is 2.89. The van der Waals surface area contributed by atoms with Crippen LogP contribution in [-0.2, 0) is 6.54 Å². The van der Waals surface area contributed by atoms with Gasteiger partial charge < -0.3 is 4.57 Å². The highest BCUT2D eigenvalue weighted by molar-refractivity contribution is 5.92. The zero-order valence-corrected chi connectivity index (χ0v) is 8.04. The maximum absolute atomic E-state index is 13.2. The summed E-state index contributed by atoms with van der Waals surface area (Å²) >= 11 is 0. The molecule has 0 aliphatic rings. The SMILES string of the molecule is CC(=O)c1cncn1CC(C)(C)F. The summed E-state index contributed by atoms with van der Waals surface area (Å²) in [6.07, 6.45) is 2.92. The first kappa shape index (κ1) is 9.89. The van der Waals surface area contributed by atoms with Crippen molar-refractivity contribution < 1.29 is 9.18 Å². The van der Waals surface area contributed by atoms with E-state index in [0.29, 0.717) is 5.69 Å². The van der Waals surface area contributed by atoms with E-state index >= 15 is 0 Å². The Bertz CT molecular complexity index is 312. The van der Waals surface area contributed by atoms with E-state index in [1.165, 1.54) is 37.9 Å². The number of hydrogen-bond donors (Lipinski definition) is 0. The van der Waals surface area contributed by atoms with Gasteiger partial charge in [-0.05, 0) is 13.8 Å². The lowest BCUT2D eigenvalue weighted by molar-refractivity contribution is 0.0999. The van der Waals surface area contributed by atoms with Crippen molar-refractivity contribution in [1.29, 1.82) is 0 Å². The Morgan fingerprint density at radius 2 is 2.31 bits per heavy atom. The largest absolute Gasteiger partial charge is 0.325 e. The van der Waals surface area contributed by atoms with Gasteiger partial charge >= 0.3 is 0 Å². The van der Waals surface area contributed by atoms with Crippen molar-refractivity contribution in [3.8, 4) is 0 Å². The van der Waals surface area contributed by atoms with Crippen LogP contribution in [0, 0.1) is 0 Å². The Morgan fingerprint density at radius 1 is 1.69 bits per heavy atom. The molecule has 0 amide bonds. The van der Waals surface area contributed by atoms with Gasteiger partial charge in [0.1, 0.15) is 11.4 Å². The second-order valence-corrected chi connectivity index (χ2v) is 3.68. The molecule has 0 spiro atoms. The van der Waals surface area contributed by atoms with Gasteiger partial charge in [-0.15, -0.1) is 0 Å². The molecule has 1 rings (SSSR count). The van der Waals surface area contributed by atoms with Gasteiger partial charge in [-0.3, -0.25) is 4.79 Å². The van der Waals surface area contributed by atoms with E-state index in [0.717, 1.165) is 0 Å². The number of carbonyl (C=O) groups excluding carboxylic acids is 1. The molecular weight excluding hydrogens is 171 g/mol. The molecule has 0 N–H and O–H groups in total. The molecule has 4 heteroatoms. The zero-order valence-electron chi connectivity index (χ0n) is 8.04. The third-order valence-corrected chi connectivity index (χ3v) is 1.62. The smallest absolute Gasteiger partial charge is 0.177 e. The first-order valence-electron chi connectivity index (χ1n) is 4.10. The number of aromatic nitrogens is 2. The lowest BCUT2D eigenvalue weighted by Gasteiger charge is -2.15. The minimum Gasteiger partial charge on any atom is -0.325 e. The summed E-state index contributed by atoms with van der Waals surface area (Å²) in [6.45, 7) is 4.54. The number of imidazole rings is 1. The number of halogens is 1. The van der Waals surface area contributed by atoms with Crippen LogP contribution in [-0.4, -0.2) is 21.0 Å². The van der Waals surface area contributed by atoms with Crippen molar-refractivity contribution in [3.63, 3.8) is 0 Å². The highest BCUT2D eigenvalue weighted by Crippen LogP contribution is 2.13. The van der Waals surface area contributed by atoms with Crippen molar-refractivity contribution in [2.45, 2.75) is 33.0 Å². The molecule has 72 valence electrons. The molecular formula is C9H13FN2O. The maximum Gasteiger partial charge on any atom is 0.177 e. The highest BCUT2D eigenvalue weighted by atomic mass is 19.1. The van der Waals surface area contributed by atoms with Crippen molar-refractivity contribution in [2.24, 2.45) is 0 Å². The van der Waals surface area contributed by atoms with E-state index in [4.69, 9.17) is 0 Å². The molecule has 0 unspecified atom stereocenters. The summed E-state index contributed by atoms with van der Waals surface area (Å²) in [5.41, 5.74) is -0.879. The van der Waals surface area contributed by atoms with Crippen LogP contribution < -0.4 is 0 Å². The lowest BCUT2D eigenvalue weighted by Crippen LogP contribution is -2.22. The number of nitrogens with zero attached hydrogens (tertiary/aromatic N) is 2. The fourth-order valence-electron chi connectivity index (χ4n) is 1.14. The molecule has 1 heterocycles. The molecule has 0 bridgehead atoms. The van der Waals surface area contributed by atoms with Gasteiger partial charge in [0, 0.05) is 6.92 Å². The fourth-order valence-corrected chi connectivity index (χ4v) is 1.14. The van der Waals surface area contributed by atoms with Crippen LogP contribution in [0.25, 0.3) is 0 Å². The van der Waals surface area contributed by atoms with E-state index in [2.05, 4.69) is 4.98 Å². The Labute approximate surface area is 76.6 Å². The average molecular weight is 184 g/mol. The summed E-state index contributed by atoms with van der Waals surface area (Å²) in [5, 5.41) is 0. The molecule has 3 nitrogen and oxygen atoms in total. The Hall–Kier alpha value is -1.19. The number of carbonyl (C=O) groups is 1. The zero-order chi connectivity index (χ0) is 10.1. The van der Waals surface area contributed by atoms with Crippen molar-refractivity contribution in [1.82, 2.24) is 9.55 Å². The topological polar surface area (TPSA) is 34.9 Å². The predicted molar refractivity (Wildman–Crippen MR) is 47.4 cm³/mol. The first-order chi connectivity index (χ1) is 5.90. The number of hydrogen-bond acceptors (Lipinski definition) is 2. The summed E-state index contributed by atoms with van der Waals surface area (Å²) in [5.74, 6) is -0.0956. The van der Waals surface area contributed by atoms with Crippen LogP contribution in [0.4, 0.5) is 4.39 Å². The van der Waals surface area contributed by atoms with E-state index < -0.39 is 5.67 Å². The van der Waals surface area contributed by atoms with Crippen LogP contribution in [0.3, 0.4) is 0 Å². The van der Waals surface area contributed by atoms with Gasteiger partial charge in [0.15, 0.2) is 5.78 Å². The van der Waals surface area contributed by atoms with Crippen molar-refractivity contribution in [2.75, 3.05) is 0 Å². The summed E-state index contributed by atoms with van der Waals surface area (Å²) in [7, 11) is 0. The molecule has 0 aliphatic heterocycles. The van der Waals surface area contributed by atoms with Crippen molar-refractivity contribution in [3.05, 3.63) is 18.2 Å². The van der Waals surface area contributed by atoms with E-state index in [9.17, 15) is 9.18 Å². The number of alkyl halides is 1. The highest BCUT2D eigenvalue weighted by Gasteiger charge is 2.18. The van der Waals surface area contributed by atoms with Gasteiger partial charge in [-0.1, -0.05) is 0 Å². The van der Waals surface area contributed by atoms with Crippen LogP contribution in [0.5, 0.6) is 0 Å². The molecule has 0 saturated carbocycles. The maximum atomic E-state index is 13.2. The van der Waals surface area contributed by atoms with Crippen LogP contribution in [0.2, 0.25) is 0 Å². The minimum atomic E-state index is -1.33. The van der Waals surface area contributed by atoms with E-state index in [1.807, 2.05) is 0 Å². The van der Waals surface area contributed by atoms with Gasteiger partial charge in [-0.25, -0.2) is 9.37 Å². The van der Waals surface area contributed by atoms with E-state index in [-0.39, 0.29) is 12.3 Å². The van der Waals surface area contributed by atoms with Gasteiger partial charge in [-0.2, -0.15) is 0 Å². The monoisotopic (exact) mass is 184 g/mol. The molecule has 0 radical (unpaired) electrons. The quantitative estimate of drug-likeness (QED) is 0.672. The van der Waals surface area contributed by atoms with Gasteiger partial charge in [0.25, 0.3) is 0 Å². The average Bonchev–Trinajstić information content (AvgIpc) is 2.31. The third kappa shape index (κ3) is 2.65. The van der Waals surface area contributed by atoms with Crippen LogP contribution in [0.15, 0.2) is 12.5 Å². The molecule has 0 fully saturated rings. The third-order valence-electron chi connectivity index (χ3n) is 1.62. The van der Waals surface area contributed by atoms with Gasteiger partial charge in [0.05, 0.1) is 19.1 Å².